The first-order chi connectivity index (χ1) is 7.59. The van der Waals surface area contributed by atoms with Crippen molar-refractivity contribution in [3.63, 3.8) is 0 Å². The topological polar surface area (TPSA) is 49.5 Å². The highest BCUT2D eigenvalue weighted by molar-refractivity contribution is 4.78. The van der Waals surface area contributed by atoms with Gasteiger partial charge >= 0.3 is 0 Å². The molecule has 0 radical (unpaired) electrons. The molecule has 0 amide bonds. The molecule has 0 bridgehead atoms. The van der Waals surface area contributed by atoms with Gasteiger partial charge in [-0.25, -0.2) is 0 Å². The van der Waals surface area contributed by atoms with Crippen LogP contribution in [0, 0.1) is 0 Å². The number of hydrogen-bond donors (Lipinski definition) is 2. The van der Waals surface area contributed by atoms with Crippen LogP contribution in [-0.4, -0.2) is 41.3 Å². The molecule has 1 aliphatic rings. The molecule has 1 aliphatic carbocycles. The minimum Gasteiger partial charge on any atom is -0.389 e. The zero-order valence-electron chi connectivity index (χ0n) is 10.9. The molecule has 0 saturated heterocycles. The maximum absolute atomic E-state index is 9.83. The van der Waals surface area contributed by atoms with Gasteiger partial charge in [0.15, 0.2) is 0 Å². The quantitative estimate of drug-likeness (QED) is 0.698. The van der Waals surface area contributed by atoms with Crippen LogP contribution in [0.4, 0.5) is 0 Å². The lowest BCUT2D eigenvalue weighted by molar-refractivity contribution is 0.0527. The van der Waals surface area contributed by atoms with Crippen molar-refractivity contribution in [1.82, 2.24) is 4.90 Å². The Kier molecular flexibility index (Phi) is 5.73. The summed E-state index contributed by atoms with van der Waals surface area (Å²) in [5.41, 5.74) is 4.84. The maximum Gasteiger partial charge on any atom is 0.0741 e. The Hall–Kier alpha value is -0.120. The van der Waals surface area contributed by atoms with E-state index in [2.05, 4.69) is 11.8 Å². The molecule has 0 spiro atoms. The van der Waals surface area contributed by atoms with Gasteiger partial charge in [0.05, 0.1) is 5.60 Å². The Bertz CT molecular complexity index is 188. The smallest absolute Gasteiger partial charge is 0.0741 e. The van der Waals surface area contributed by atoms with Crippen molar-refractivity contribution in [2.45, 2.75) is 64.0 Å². The standard InChI is InChI=1S/C13H28N2O/c1-3-15(12-7-4-5-8-12)10-6-9-13(2,16)11-14/h12,16H,3-11,14H2,1-2H3. The third kappa shape index (κ3) is 4.40. The number of hydrogen-bond acceptors (Lipinski definition) is 3. The number of nitrogens with two attached hydrogens (primary N) is 1. The number of nitrogens with zero attached hydrogens (tertiary/aromatic N) is 1. The van der Waals surface area contributed by atoms with E-state index in [0.29, 0.717) is 6.54 Å². The van der Waals surface area contributed by atoms with Crippen molar-refractivity contribution in [2.75, 3.05) is 19.6 Å². The van der Waals surface area contributed by atoms with Gasteiger partial charge < -0.3 is 15.7 Å². The second-order valence-corrected chi connectivity index (χ2v) is 5.37. The van der Waals surface area contributed by atoms with Crippen molar-refractivity contribution in [1.29, 1.82) is 0 Å². The number of rotatable bonds is 7. The van der Waals surface area contributed by atoms with Gasteiger partial charge in [0, 0.05) is 12.6 Å². The van der Waals surface area contributed by atoms with Gasteiger partial charge in [0.2, 0.25) is 0 Å². The van der Waals surface area contributed by atoms with Crippen molar-refractivity contribution >= 4 is 0 Å². The minimum atomic E-state index is -0.672. The summed E-state index contributed by atoms with van der Waals surface area (Å²) in [6, 6.07) is 0.799. The molecule has 0 aromatic carbocycles. The summed E-state index contributed by atoms with van der Waals surface area (Å²) in [7, 11) is 0. The highest BCUT2D eigenvalue weighted by atomic mass is 16.3. The van der Waals surface area contributed by atoms with E-state index >= 15 is 0 Å². The summed E-state index contributed by atoms with van der Waals surface area (Å²) in [5, 5.41) is 9.83. The molecule has 16 heavy (non-hydrogen) atoms. The van der Waals surface area contributed by atoms with Gasteiger partial charge in [-0.3, -0.25) is 0 Å². The number of aliphatic hydroxyl groups is 1. The summed E-state index contributed by atoms with van der Waals surface area (Å²) < 4.78 is 0. The van der Waals surface area contributed by atoms with E-state index in [4.69, 9.17) is 5.73 Å². The van der Waals surface area contributed by atoms with Crippen molar-refractivity contribution < 1.29 is 5.11 Å². The predicted octanol–water partition coefficient (Wildman–Crippen LogP) is 1.74. The first-order valence-electron chi connectivity index (χ1n) is 6.75. The summed E-state index contributed by atoms with van der Waals surface area (Å²) >= 11 is 0. The van der Waals surface area contributed by atoms with Crippen LogP contribution in [0.25, 0.3) is 0 Å². The zero-order valence-corrected chi connectivity index (χ0v) is 10.9. The molecule has 0 aromatic rings. The molecule has 1 unspecified atom stereocenters. The van der Waals surface area contributed by atoms with Crippen LogP contribution in [0.5, 0.6) is 0 Å². The van der Waals surface area contributed by atoms with Gasteiger partial charge in [-0.2, -0.15) is 0 Å². The first kappa shape index (κ1) is 13.9. The fraction of sp³-hybridized carbons (Fsp3) is 1.00. The Morgan fingerprint density at radius 3 is 2.50 bits per heavy atom. The molecule has 1 atom stereocenters. The molecule has 0 aliphatic heterocycles. The van der Waals surface area contributed by atoms with Gasteiger partial charge in [0.25, 0.3) is 0 Å². The molecular weight excluding hydrogens is 200 g/mol. The Morgan fingerprint density at radius 1 is 1.38 bits per heavy atom. The van der Waals surface area contributed by atoms with Crippen LogP contribution in [0.1, 0.15) is 52.4 Å². The molecule has 1 fully saturated rings. The van der Waals surface area contributed by atoms with Gasteiger partial charge in [-0.05, 0) is 45.7 Å². The third-order valence-corrected chi connectivity index (χ3v) is 3.85. The summed E-state index contributed by atoms with van der Waals surface area (Å²) in [5.74, 6) is 0. The average Bonchev–Trinajstić information content (AvgIpc) is 2.78. The second kappa shape index (κ2) is 6.58. The largest absolute Gasteiger partial charge is 0.389 e. The van der Waals surface area contributed by atoms with Crippen LogP contribution in [0.15, 0.2) is 0 Å². The van der Waals surface area contributed by atoms with Crippen molar-refractivity contribution in [3.8, 4) is 0 Å². The van der Waals surface area contributed by atoms with Crippen molar-refractivity contribution in [3.05, 3.63) is 0 Å². The van der Waals surface area contributed by atoms with E-state index in [-0.39, 0.29) is 0 Å². The Labute approximate surface area is 100 Å². The monoisotopic (exact) mass is 228 g/mol. The summed E-state index contributed by atoms with van der Waals surface area (Å²) in [6.07, 6.45) is 7.37. The lowest BCUT2D eigenvalue weighted by Gasteiger charge is -2.29. The molecule has 3 N–H and O–H groups in total. The highest BCUT2D eigenvalue weighted by Crippen LogP contribution is 2.24. The highest BCUT2D eigenvalue weighted by Gasteiger charge is 2.22. The summed E-state index contributed by atoms with van der Waals surface area (Å²) in [4.78, 5) is 2.57. The molecule has 1 rings (SSSR count). The fourth-order valence-corrected chi connectivity index (χ4v) is 2.63. The Morgan fingerprint density at radius 2 is 2.00 bits per heavy atom. The SMILES string of the molecule is CCN(CCCC(C)(O)CN)C1CCCC1. The molecule has 1 saturated carbocycles. The van der Waals surface area contributed by atoms with Crippen molar-refractivity contribution in [2.24, 2.45) is 5.73 Å². The van der Waals surface area contributed by atoms with E-state index in [1.165, 1.54) is 25.7 Å². The van der Waals surface area contributed by atoms with E-state index in [1.807, 2.05) is 6.92 Å². The molecule has 96 valence electrons. The van der Waals surface area contributed by atoms with E-state index in [0.717, 1.165) is 32.0 Å². The lowest BCUT2D eigenvalue weighted by atomic mass is 10.00. The predicted molar refractivity (Wildman–Crippen MR) is 68.4 cm³/mol. The van der Waals surface area contributed by atoms with Gasteiger partial charge in [-0.1, -0.05) is 19.8 Å². The van der Waals surface area contributed by atoms with Gasteiger partial charge in [0.1, 0.15) is 0 Å². The maximum atomic E-state index is 9.83. The van der Waals surface area contributed by atoms with Crippen LogP contribution in [0.3, 0.4) is 0 Å². The first-order valence-corrected chi connectivity index (χ1v) is 6.75. The second-order valence-electron chi connectivity index (χ2n) is 5.37. The zero-order chi connectivity index (χ0) is 12.0. The lowest BCUT2D eigenvalue weighted by Crippen LogP contribution is -2.37. The minimum absolute atomic E-state index is 0.364. The van der Waals surface area contributed by atoms with Gasteiger partial charge in [-0.15, -0.1) is 0 Å². The van der Waals surface area contributed by atoms with Crippen LogP contribution in [-0.2, 0) is 0 Å². The normalized spacial score (nSPS) is 21.6. The van der Waals surface area contributed by atoms with E-state index in [1.54, 1.807) is 0 Å². The van der Waals surface area contributed by atoms with Crippen LogP contribution in [0.2, 0.25) is 0 Å². The summed E-state index contributed by atoms with van der Waals surface area (Å²) in [6.45, 7) is 6.67. The molecule has 0 heterocycles. The molecule has 0 aromatic heterocycles. The molecule has 3 heteroatoms. The third-order valence-electron chi connectivity index (χ3n) is 3.85. The van der Waals surface area contributed by atoms with Crippen LogP contribution >= 0.6 is 0 Å². The average molecular weight is 228 g/mol. The molecular formula is C13H28N2O. The van der Waals surface area contributed by atoms with E-state index in [9.17, 15) is 5.11 Å². The van der Waals surface area contributed by atoms with E-state index < -0.39 is 5.60 Å². The van der Waals surface area contributed by atoms with Crippen LogP contribution < -0.4 is 5.73 Å². The fourth-order valence-electron chi connectivity index (χ4n) is 2.63. The Balaban J connectivity index is 2.23. The molecule has 3 nitrogen and oxygen atoms in total.